The lowest BCUT2D eigenvalue weighted by atomic mass is 10.2. The highest BCUT2D eigenvalue weighted by Gasteiger charge is 2.06. The molecule has 2 N–H and O–H groups in total. The maximum atomic E-state index is 5.71. The third-order valence-electron chi connectivity index (χ3n) is 4.06. The summed E-state index contributed by atoms with van der Waals surface area (Å²) in [5, 5.41) is 6.50. The molecular formula is C21H30IN3O4. The highest BCUT2D eigenvalue weighted by atomic mass is 127. The third-order valence-corrected chi connectivity index (χ3v) is 4.06. The van der Waals surface area contributed by atoms with Crippen molar-refractivity contribution < 1.29 is 18.9 Å². The minimum atomic E-state index is 0. The molecule has 0 spiro atoms. The first-order valence-corrected chi connectivity index (χ1v) is 9.10. The van der Waals surface area contributed by atoms with Crippen LogP contribution >= 0.6 is 24.0 Å². The molecular weight excluding hydrogens is 485 g/mol. The van der Waals surface area contributed by atoms with E-state index in [0.717, 1.165) is 30.0 Å². The topological polar surface area (TPSA) is 73.3 Å². The number of hydrogen-bond acceptors (Lipinski definition) is 5. The van der Waals surface area contributed by atoms with Crippen molar-refractivity contribution in [2.24, 2.45) is 4.99 Å². The summed E-state index contributed by atoms with van der Waals surface area (Å²) in [5.41, 5.74) is 1.99. The Balaban J connectivity index is 0.00000420. The van der Waals surface area contributed by atoms with E-state index in [1.165, 1.54) is 0 Å². The monoisotopic (exact) mass is 515 g/mol. The molecule has 0 radical (unpaired) electrons. The number of methoxy groups -OCH3 is 3. The van der Waals surface area contributed by atoms with Gasteiger partial charge in [0.25, 0.3) is 0 Å². The molecule has 160 valence electrons. The number of nitrogens with zero attached hydrogens (tertiary/aromatic N) is 1. The number of nitrogens with one attached hydrogen (secondary N) is 2. The molecule has 7 nitrogen and oxygen atoms in total. The second-order valence-electron chi connectivity index (χ2n) is 5.95. The molecule has 0 fully saturated rings. The molecule has 2 rings (SSSR count). The lowest BCUT2D eigenvalue weighted by molar-refractivity contribution is 0.119. The number of hydrogen-bond donors (Lipinski definition) is 2. The molecule has 0 heterocycles. The summed E-state index contributed by atoms with van der Waals surface area (Å²) in [6.07, 6.45) is 0.864. The molecule has 0 aliphatic carbocycles. The van der Waals surface area contributed by atoms with Gasteiger partial charge in [-0.05, 0) is 36.2 Å². The Kier molecular flexibility index (Phi) is 11.9. The second kappa shape index (κ2) is 13.9. The van der Waals surface area contributed by atoms with Gasteiger partial charge in [0.15, 0.2) is 17.5 Å². The van der Waals surface area contributed by atoms with Crippen molar-refractivity contribution in [3.63, 3.8) is 0 Å². The van der Waals surface area contributed by atoms with E-state index in [9.17, 15) is 0 Å². The molecule has 0 atom stereocenters. The number of rotatable bonds is 10. The van der Waals surface area contributed by atoms with Crippen LogP contribution in [0.2, 0.25) is 0 Å². The molecule has 2 aromatic carbocycles. The Morgan fingerprint density at radius 2 is 1.66 bits per heavy atom. The quantitative estimate of drug-likeness (QED) is 0.216. The first kappa shape index (κ1) is 24.8. The first-order valence-electron chi connectivity index (χ1n) is 9.10. The van der Waals surface area contributed by atoms with Crippen molar-refractivity contribution in [1.82, 2.24) is 5.32 Å². The second-order valence-corrected chi connectivity index (χ2v) is 5.95. The fourth-order valence-corrected chi connectivity index (χ4v) is 2.52. The summed E-state index contributed by atoms with van der Waals surface area (Å²) >= 11 is 0. The SMILES string of the molecule is CN=C(NCCCOCc1ccc(OC)cc1)Nc1ccc(OC)c(OC)c1.I. The van der Waals surface area contributed by atoms with Gasteiger partial charge in [-0.25, -0.2) is 0 Å². The van der Waals surface area contributed by atoms with E-state index in [4.69, 9.17) is 18.9 Å². The van der Waals surface area contributed by atoms with Gasteiger partial charge in [-0.15, -0.1) is 24.0 Å². The molecule has 29 heavy (non-hydrogen) atoms. The van der Waals surface area contributed by atoms with Crippen LogP contribution in [0.15, 0.2) is 47.5 Å². The van der Waals surface area contributed by atoms with Crippen LogP contribution in [0.25, 0.3) is 0 Å². The molecule has 0 amide bonds. The minimum Gasteiger partial charge on any atom is -0.497 e. The summed E-state index contributed by atoms with van der Waals surface area (Å²) in [4.78, 5) is 4.23. The van der Waals surface area contributed by atoms with E-state index in [1.54, 1.807) is 28.4 Å². The molecule has 0 bridgehead atoms. The van der Waals surface area contributed by atoms with Crippen LogP contribution in [0, 0.1) is 0 Å². The number of aliphatic imine (C=N–C) groups is 1. The molecule has 0 saturated carbocycles. The van der Waals surface area contributed by atoms with E-state index < -0.39 is 0 Å². The standard InChI is InChI=1S/C21H29N3O4.HI/c1-22-21(24-17-8-11-19(26-3)20(14-17)27-4)23-12-5-13-28-15-16-6-9-18(25-2)10-7-16;/h6-11,14H,5,12-13,15H2,1-4H3,(H2,22,23,24);1H. The fraction of sp³-hybridized carbons (Fsp3) is 0.381. The summed E-state index contributed by atoms with van der Waals surface area (Å²) in [5.74, 6) is 2.88. The van der Waals surface area contributed by atoms with Gasteiger partial charge >= 0.3 is 0 Å². The van der Waals surface area contributed by atoms with Gasteiger partial charge in [0.05, 0.1) is 27.9 Å². The van der Waals surface area contributed by atoms with Crippen LogP contribution in [0.5, 0.6) is 17.2 Å². The highest BCUT2D eigenvalue weighted by Crippen LogP contribution is 2.29. The summed E-state index contributed by atoms with van der Waals surface area (Å²) < 4.78 is 21.4. The average molecular weight is 515 g/mol. The molecule has 0 aliphatic heterocycles. The zero-order chi connectivity index (χ0) is 20.2. The Morgan fingerprint density at radius 3 is 2.28 bits per heavy atom. The minimum absolute atomic E-state index is 0. The predicted octanol–water partition coefficient (Wildman–Crippen LogP) is 3.92. The molecule has 0 unspecified atom stereocenters. The van der Waals surface area contributed by atoms with E-state index in [1.807, 2.05) is 42.5 Å². The average Bonchev–Trinajstić information content (AvgIpc) is 2.75. The van der Waals surface area contributed by atoms with Crippen molar-refractivity contribution in [2.75, 3.05) is 46.8 Å². The van der Waals surface area contributed by atoms with E-state index in [-0.39, 0.29) is 24.0 Å². The number of benzene rings is 2. The molecule has 8 heteroatoms. The van der Waals surface area contributed by atoms with Crippen molar-refractivity contribution in [3.05, 3.63) is 48.0 Å². The Bertz CT molecular complexity index is 754. The predicted molar refractivity (Wildman–Crippen MR) is 127 cm³/mol. The number of guanidine groups is 1. The smallest absolute Gasteiger partial charge is 0.195 e. The molecule has 2 aromatic rings. The maximum Gasteiger partial charge on any atom is 0.195 e. The third kappa shape index (κ3) is 8.36. The van der Waals surface area contributed by atoms with Crippen molar-refractivity contribution in [1.29, 1.82) is 0 Å². The van der Waals surface area contributed by atoms with Crippen LogP contribution < -0.4 is 24.8 Å². The summed E-state index contributed by atoms with van der Waals surface area (Å²) in [7, 11) is 6.62. The van der Waals surface area contributed by atoms with Gasteiger partial charge in [-0.1, -0.05) is 12.1 Å². The van der Waals surface area contributed by atoms with Gasteiger partial charge in [0.1, 0.15) is 5.75 Å². The van der Waals surface area contributed by atoms with Crippen LogP contribution in [-0.2, 0) is 11.3 Å². The van der Waals surface area contributed by atoms with Gasteiger partial charge in [-0.2, -0.15) is 0 Å². The maximum absolute atomic E-state index is 5.71. The Hall–Kier alpha value is -2.20. The molecule has 0 saturated heterocycles. The lowest BCUT2D eigenvalue weighted by Crippen LogP contribution is -2.31. The first-order chi connectivity index (χ1) is 13.7. The molecule has 0 aliphatic rings. The van der Waals surface area contributed by atoms with Crippen LogP contribution in [0.4, 0.5) is 5.69 Å². The van der Waals surface area contributed by atoms with Crippen LogP contribution in [0.1, 0.15) is 12.0 Å². The normalized spacial score (nSPS) is 10.7. The van der Waals surface area contributed by atoms with Crippen molar-refractivity contribution >= 4 is 35.6 Å². The van der Waals surface area contributed by atoms with E-state index >= 15 is 0 Å². The summed E-state index contributed by atoms with van der Waals surface area (Å²) in [6, 6.07) is 13.5. The Labute approximate surface area is 189 Å². The number of anilines is 1. The highest BCUT2D eigenvalue weighted by molar-refractivity contribution is 14.0. The van der Waals surface area contributed by atoms with Crippen LogP contribution in [-0.4, -0.2) is 47.5 Å². The Morgan fingerprint density at radius 1 is 0.931 bits per heavy atom. The van der Waals surface area contributed by atoms with E-state index in [2.05, 4.69) is 15.6 Å². The lowest BCUT2D eigenvalue weighted by Gasteiger charge is -2.14. The van der Waals surface area contributed by atoms with Crippen molar-refractivity contribution in [2.45, 2.75) is 13.0 Å². The van der Waals surface area contributed by atoms with Gasteiger partial charge in [0, 0.05) is 32.0 Å². The van der Waals surface area contributed by atoms with E-state index in [0.29, 0.717) is 30.7 Å². The zero-order valence-corrected chi connectivity index (χ0v) is 19.7. The van der Waals surface area contributed by atoms with Gasteiger partial charge in [0.2, 0.25) is 0 Å². The number of halogens is 1. The fourth-order valence-electron chi connectivity index (χ4n) is 2.52. The zero-order valence-electron chi connectivity index (χ0n) is 17.4. The van der Waals surface area contributed by atoms with Gasteiger partial charge < -0.3 is 29.6 Å². The van der Waals surface area contributed by atoms with Crippen molar-refractivity contribution in [3.8, 4) is 17.2 Å². The summed E-state index contributed by atoms with van der Waals surface area (Å²) in [6.45, 7) is 1.99. The largest absolute Gasteiger partial charge is 0.497 e. The number of ether oxygens (including phenoxy) is 4. The van der Waals surface area contributed by atoms with Crippen LogP contribution in [0.3, 0.4) is 0 Å². The van der Waals surface area contributed by atoms with Gasteiger partial charge in [-0.3, -0.25) is 4.99 Å². The molecule has 0 aromatic heterocycles.